The molecular formula is C11H20O3. The van der Waals surface area contributed by atoms with E-state index in [4.69, 9.17) is 9.47 Å². The Balaban J connectivity index is 1.89. The summed E-state index contributed by atoms with van der Waals surface area (Å²) in [4.78, 5) is 0. The summed E-state index contributed by atoms with van der Waals surface area (Å²) in [6, 6.07) is 0. The number of rotatable bonds is 2. The van der Waals surface area contributed by atoms with E-state index in [1.165, 1.54) is 0 Å². The Labute approximate surface area is 85.4 Å². The number of aliphatic hydroxyl groups excluding tert-OH is 1. The largest absolute Gasteiger partial charge is 0.392 e. The number of hydrogen-bond acceptors (Lipinski definition) is 3. The third-order valence-corrected chi connectivity index (χ3v) is 3.62. The topological polar surface area (TPSA) is 38.7 Å². The van der Waals surface area contributed by atoms with Gasteiger partial charge in [0.1, 0.15) is 0 Å². The molecule has 2 rings (SSSR count). The molecule has 2 aliphatic heterocycles. The quantitative estimate of drug-likeness (QED) is 0.728. The molecule has 1 N–H and O–H groups in total. The van der Waals surface area contributed by atoms with E-state index in [1.54, 1.807) is 0 Å². The van der Waals surface area contributed by atoms with E-state index in [9.17, 15) is 5.11 Å². The lowest BCUT2D eigenvalue weighted by Crippen LogP contribution is -2.36. The number of aliphatic hydroxyl groups is 1. The van der Waals surface area contributed by atoms with Gasteiger partial charge in [0.15, 0.2) is 0 Å². The van der Waals surface area contributed by atoms with E-state index < -0.39 is 0 Å². The minimum Gasteiger partial charge on any atom is -0.392 e. The predicted octanol–water partition coefficient (Wildman–Crippen LogP) is 1.20. The van der Waals surface area contributed by atoms with Gasteiger partial charge in [0, 0.05) is 25.7 Å². The standard InChI is InChI=1S/C11H20O3/c1-8-10(4-7-14-8)11(12)9-2-5-13-6-3-9/h8-12H,2-7H2,1H3. The van der Waals surface area contributed by atoms with Crippen LogP contribution in [0.5, 0.6) is 0 Å². The van der Waals surface area contributed by atoms with Gasteiger partial charge in [-0.3, -0.25) is 0 Å². The highest BCUT2D eigenvalue weighted by Crippen LogP contribution is 2.31. The van der Waals surface area contributed by atoms with Gasteiger partial charge < -0.3 is 14.6 Å². The molecule has 14 heavy (non-hydrogen) atoms. The fourth-order valence-electron chi connectivity index (χ4n) is 2.60. The zero-order chi connectivity index (χ0) is 9.97. The molecule has 2 saturated heterocycles. The molecule has 0 aromatic heterocycles. The second kappa shape index (κ2) is 4.60. The van der Waals surface area contributed by atoms with E-state index in [1.807, 2.05) is 0 Å². The summed E-state index contributed by atoms with van der Waals surface area (Å²) < 4.78 is 10.8. The molecule has 82 valence electrons. The van der Waals surface area contributed by atoms with Crippen LogP contribution in [0.3, 0.4) is 0 Å². The maximum absolute atomic E-state index is 10.2. The molecule has 0 aromatic rings. The van der Waals surface area contributed by atoms with Crippen molar-refractivity contribution in [3.8, 4) is 0 Å². The molecule has 0 aliphatic carbocycles. The van der Waals surface area contributed by atoms with Crippen molar-refractivity contribution in [1.29, 1.82) is 0 Å². The summed E-state index contributed by atoms with van der Waals surface area (Å²) in [6.07, 6.45) is 3.07. The van der Waals surface area contributed by atoms with Crippen LogP contribution in [0.2, 0.25) is 0 Å². The highest BCUT2D eigenvalue weighted by Gasteiger charge is 2.35. The molecule has 3 heteroatoms. The van der Waals surface area contributed by atoms with E-state index in [0.717, 1.165) is 39.1 Å². The number of ether oxygens (including phenoxy) is 2. The summed E-state index contributed by atoms with van der Waals surface area (Å²) in [5, 5.41) is 10.2. The zero-order valence-corrected chi connectivity index (χ0v) is 8.82. The summed E-state index contributed by atoms with van der Waals surface area (Å²) in [5.74, 6) is 0.774. The molecule has 0 aromatic carbocycles. The van der Waals surface area contributed by atoms with Gasteiger partial charge in [0.05, 0.1) is 12.2 Å². The van der Waals surface area contributed by atoms with E-state index >= 15 is 0 Å². The predicted molar refractivity (Wildman–Crippen MR) is 53.1 cm³/mol. The van der Waals surface area contributed by atoms with Crippen molar-refractivity contribution in [2.45, 2.75) is 38.4 Å². The molecular weight excluding hydrogens is 180 g/mol. The first-order chi connectivity index (χ1) is 6.79. The van der Waals surface area contributed by atoms with Crippen molar-refractivity contribution in [3.05, 3.63) is 0 Å². The fraction of sp³-hybridized carbons (Fsp3) is 1.00. The molecule has 0 spiro atoms. The maximum atomic E-state index is 10.2. The van der Waals surface area contributed by atoms with Gasteiger partial charge in [0.25, 0.3) is 0 Å². The van der Waals surface area contributed by atoms with Crippen LogP contribution in [0.25, 0.3) is 0 Å². The second-order valence-electron chi connectivity index (χ2n) is 4.47. The summed E-state index contributed by atoms with van der Waals surface area (Å²) in [5.41, 5.74) is 0. The molecule has 2 heterocycles. The van der Waals surface area contributed by atoms with Gasteiger partial charge >= 0.3 is 0 Å². The Morgan fingerprint density at radius 2 is 1.86 bits per heavy atom. The molecule has 0 radical (unpaired) electrons. The van der Waals surface area contributed by atoms with E-state index in [0.29, 0.717) is 11.8 Å². The van der Waals surface area contributed by atoms with Gasteiger partial charge in [-0.05, 0) is 32.1 Å². The number of hydrogen-bond donors (Lipinski definition) is 1. The molecule has 0 bridgehead atoms. The van der Waals surface area contributed by atoms with Crippen molar-refractivity contribution < 1.29 is 14.6 Å². The minimum absolute atomic E-state index is 0.184. The van der Waals surface area contributed by atoms with Crippen LogP contribution in [0.15, 0.2) is 0 Å². The lowest BCUT2D eigenvalue weighted by atomic mass is 9.83. The molecule has 0 amide bonds. The Bertz CT molecular complexity index is 177. The smallest absolute Gasteiger partial charge is 0.0623 e. The fourth-order valence-corrected chi connectivity index (χ4v) is 2.60. The molecule has 2 fully saturated rings. The van der Waals surface area contributed by atoms with Gasteiger partial charge in [-0.15, -0.1) is 0 Å². The Morgan fingerprint density at radius 3 is 2.43 bits per heavy atom. The Morgan fingerprint density at radius 1 is 1.14 bits per heavy atom. The van der Waals surface area contributed by atoms with Crippen molar-refractivity contribution in [1.82, 2.24) is 0 Å². The van der Waals surface area contributed by atoms with Crippen LogP contribution in [0, 0.1) is 11.8 Å². The average molecular weight is 200 g/mol. The van der Waals surface area contributed by atoms with Crippen LogP contribution in [0.4, 0.5) is 0 Å². The van der Waals surface area contributed by atoms with Gasteiger partial charge in [-0.2, -0.15) is 0 Å². The first-order valence-corrected chi connectivity index (χ1v) is 5.66. The zero-order valence-electron chi connectivity index (χ0n) is 8.82. The van der Waals surface area contributed by atoms with Crippen LogP contribution >= 0.6 is 0 Å². The van der Waals surface area contributed by atoms with Crippen LogP contribution in [0.1, 0.15) is 26.2 Å². The lowest BCUT2D eigenvalue weighted by Gasteiger charge is -2.31. The van der Waals surface area contributed by atoms with Crippen molar-refractivity contribution in [2.24, 2.45) is 11.8 Å². The molecule has 3 unspecified atom stereocenters. The van der Waals surface area contributed by atoms with Crippen molar-refractivity contribution in [2.75, 3.05) is 19.8 Å². The Kier molecular flexibility index (Phi) is 3.42. The molecule has 2 aliphatic rings. The van der Waals surface area contributed by atoms with Crippen molar-refractivity contribution in [3.63, 3.8) is 0 Å². The maximum Gasteiger partial charge on any atom is 0.0623 e. The molecule has 0 saturated carbocycles. The first kappa shape index (κ1) is 10.4. The Hall–Kier alpha value is -0.120. The van der Waals surface area contributed by atoms with E-state index in [2.05, 4.69) is 6.92 Å². The highest BCUT2D eigenvalue weighted by atomic mass is 16.5. The normalized spacial score (nSPS) is 37.3. The second-order valence-corrected chi connectivity index (χ2v) is 4.47. The monoisotopic (exact) mass is 200 g/mol. The summed E-state index contributed by atoms with van der Waals surface area (Å²) in [7, 11) is 0. The van der Waals surface area contributed by atoms with Crippen LogP contribution in [-0.4, -0.2) is 37.1 Å². The van der Waals surface area contributed by atoms with Gasteiger partial charge in [-0.1, -0.05) is 0 Å². The summed E-state index contributed by atoms with van der Waals surface area (Å²) >= 11 is 0. The highest BCUT2D eigenvalue weighted by molar-refractivity contribution is 4.84. The molecule has 3 nitrogen and oxygen atoms in total. The minimum atomic E-state index is -0.184. The van der Waals surface area contributed by atoms with Crippen molar-refractivity contribution >= 4 is 0 Å². The first-order valence-electron chi connectivity index (χ1n) is 5.66. The average Bonchev–Trinajstić information content (AvgIpc) is 2.65. The van der Waals surface area contributed by atoms with Crippen LogP contribution < -0.4 is 0 Å². The van der Waals surface area contributed by atoms with Gasteiger partial charge in [0.2, 0.25) is 0 Å². The lowest BCUT2D eigenvalue weighted by molar-refractivity contribution is -0.0329. The summed E-state index contributed by atoms with van der Waals surface area (Å²) in [6.45, 7) is 4.50. The van der Waals surface area contributed by atoms with Crippen LogP contribution in [-0.2, 0) is 9.47 Å². The van der Waals surface area contributed by atoms with E-state index in [-0.39, 0.29) is 12.2 Å². The molecule has 3 atom stereocenters. The third-order valence-electron chi connectivity index (χ3n) is 3.62. The van der Waals surface area contributed by atoms with Gasteiger partial charge in [-0.25, -0.2) is 0 Å². The third kappa shape index (κ3) is 2.10. The SMILES string of the molecule is CC1OCCC1C(O)C1CCOCC1.